The zero-order valence-electron chi connectivity index (χ0n) is 8.71. The molecule has 0 radical (unpaired) electrons. The third-order valence-corrected chi connectivity index (χ3v) is 2.74. The lowest BCUT2D eigenvalue weighted by Crippen LogP contribution is -2.47. The summed E-state index contributed by atoms with van der Waals surface area (Å²) < 4.78 is 11.2. The number of hydrogen-bond donors (Lipinski definition) is 1. The molecular weight excluding hydrogens is 182 g/mol. The molecule has 0 saturated carbocycles. The monoisotopic (exact) mass is 199 g/mol. The summed E-state index contributed by atoms with van der Waals surface area (Å²) in [6.07, 6.45) is 2.62. The van der Waals surface area contributed by atoms with Crippen molar-refractivity contribution < 1.29 is 14.3 Å². The molecule has 2 atom stereocenters. The SMILES string of the molecule is CC1(C)OC[C@H]([C@@H]2CCCC(=O)N2)O1. The van der Waals surface area contributed by atoms with Gasteiger partial charge in [0.25, 0.3) is 0 Å². The molecule has 2 heterocycles. The van der Waals surface area contributed by atoms with Crippen LogP contribution in [0.2, 0.25) is 0 Å². The third kappa shape index (κ3) is 2.07. The van der Waals surface area contributed by atoms with Crippen LogP contribution in [-0.2, 0) is 14.3 Å². The second-order valence-electron chi connectivity index (χ2n) is 4.43. The van der Waals surface area contributed by atoms with Crippen LogP contribution in [-0.4, -0.2) is 30.4 Å². The lowest BCUT2D eigenvalue weighted by atomic mass is 10.00. The van der Waals surface area contributed by atoms with Crippen LogP contribution in [0.4, 0.5) is 0 Å². The summed E-state index contributed by atoms with van der Waals surface area (Å²) in [4.78, 5) is 11.2. The van der Waals surface area contributed by atoms with Crippen LogP contribution in [0.25, 0.3) is 0 Å². The van der Waals surface area contributed by atoms with Gasteiger partial charge in [0.2, 0.25) is 5.91 Å². The molecule has 80 valence electrons. The molecule has 1 N–H and O–H groups in total. The van der Waals surface area contributed by atoms with E-state index in [0.717, 1.165) is 12.8 Å². The Bertz CT molecular complexity index is 240. The number of carbonyl (C=O) groups excluding carboxylic acids is 1. The quantitative estimate of drug-likeness (QED) is 0.679. The van der Waals surface area contributed by atoms with Crippen molar-refractivity contribution in [2.45, 2.75) is 51.0 Å². The van der Waals surface area contributed by atoms with Crippen molar-refractivity contribution in [2.75, 3.05) is 6.61 Å². The molecule has 2 aliphatic heterocycles. The van der Waals surface area contributed by atoms with E-state index in [-0.39, 0.29) is 18.1 Å². The van der Waals surface area contributed by atoms with Crippen LogP contribution in [0.1, 0.15) is 33.1 Å². The molecule has 0 aromatic heterocycles. The molecule has 0 aliphatic carbocycles. The van der Waals surface area contributed by atoms with E-state index >= 15 is 0 Å². The van der Waals surface area contributed by atoms with E-state index in [4.69, 9.17) is 9.47 Å². The Hall–Kier alpha value is -0.610. The number of amides is 1. The normalized spacial score (nSPS) is 36.9. The Balaban J connectivity index is 1.93. The molecule has 0 aromatic carbocycles. The maximum atomic E-state index is 11.2. The van der Waals surface area contributed by atoms with Gasteiger partial charge >= 0.3 is 0 Å². The van der Waals surface area contributed by atoms with E-state index in [1.807, 2.05) is 13.8 Å². The van der Waals surface area contributed by atoms with Gasteiger partial charge in [0.15, 0.2) is 5.79 Å². The van der Waals surface area contributed by atoms with Gasteiger partial charge in [0, 0.05) is 6.42 Å². The lowest BCUT2D eigenvalue weighted by molar-refractivity contribution is -0.145. The molecular formula is C10H17NO3. The minimum Gasteiger partial charge on any atom is -0.351 e. The van der Waals surface area contributed by atoms with E-state index < -0.39 is 5.79 Å². The second kappa shape index (κ2) is 3.51. The molecule has 1 amide bonds. The lowest BCUT2D eigenvalue weighted by Gasteiger charge is -2.28. The molecule has 0 aromatic rings. The number of piperidine rings is 1. The van der Waals surface area contributed by atoms with Crippen LogP contribution in [0, 0.1) is 0 Å². The van der Waals surface area contributed by atoms with Crippen molar-refractivity contribution in [3.8, 4) is 0 Å². The fraction of sp³-hybridized carbons (Fsp3) is 0.900. The highest BCUT2D eigenvalue weighted by molar-refractivity contribution is 5.77. The smallest absolute Gasteiger partial charge is 0.220 e. The van der Waals surface area contributed by atoms with Gasteiger partial charge in [-0.25, -0.2) is 0 Å². The van der Waals surface area contributed by atoms with E-state index in [9.17, 15) is 4.79 Å². The van der Waals surface area contributed by atoms with E-state index in [1.165, 1.54) is 0 Å². The largest absolute Gasteiger partial charge is 0.351 e. The van der Waals surface area contributed by atoms with Gasteiger partial charge in [-0.15, -0.1) is 0 Å². The molecule has 0 spiro atoms. The van der Waals surface area contributed by atoms with Gasteiger partial charge in [-0.1, -0.05) is 0 Å². The van der Waals surface area contributed by atoms with Crippen LogP contribution in [0.3, 0.4) is 0 Å². The summed E-state index contributed by atoms with van der Waals surface area (Å²) >= 11 is 0. The summed E-state index contributed by atoms with van der Waals surface area (Å²) in [5.74, 6) is -0.359. The maximum Gasteiger partial charge on any atom is 0.220 e. The summed E-state index contributed by atoms with van der Waals surface area (Å²) in [7, 11) is 0. The minimum atomic E-state index is -0.493. The molecule has 14 heavy (non-hydrogen) atoms. The first-order chi connectivity index (χ1) is 6.57. The Labute approximate surface area is 84.0 Å². The number of ether oxygens (including phenoxy) is 2. The molecule has 2 fully saturated rings. The molecule has 2 aliphatic rings. The summed E-state index contributed by atoms with van der Waals surface area (Å²) in [5, 5.41) is 2.95. The fourth-order valence-corrected chi connectivity index (χ4v) is 2.03. The first kappa shape index (κ1) is 9.93. The molecule has 2 rings (SSSR count). The number of hydrogen-bond acceptors (Lipinski definition) is 3. The van der Waals surface area contributed by atoms with Crippen molar-refractivity contribution in [1.29, 1.82) is 0 Å². The number of rotatable bonds is 1. The highest BCUT2D eigenvalue weighted by Crippen LogP contribution is 2.26. The van der Waals surface area contributed by atoms with Gasteiger partial charge < -0.3 is 14.8 Å². The Morgan fingerprint density at radius 2 is 2.29 bits per heavy atom. The van der Waals surface area contributed by atoms with Crippen LogP contribution < -0.4 is 5.32 Å². The molecule has 4 heteroatoms. The van der Waals surface area contributed by atoms with Crippen molar-refractivity contribution in [2.24, 2.45) is 0 Å². The standard InChI is InChI=1S/C10H17NO3/c1-10(2)13-6-8(14-10)7-4-3-5-9(12)11-7/h7-8H,3-6H2,1-2H3,(H,11,12)/t7-,8+/m0/s1. The Morgan fingerprint density at radius 3 is 2.86 bits per heavy atom. The fourth-order valence-electron chi connectivity index (χ4n) is 2.03. The van der Waals surface area contributed by atoms with Crippen LogP contribution in [0.15, 0.2) is 0 Å². The predicted molar refractivity (Wildman–Crippen MR) is 50.7 cm³/mol. The molecule has 2 saturated heterocycles. The van der Waals surface area contributed by atoms with Crippen LogP contribution >= 0.6 is 0 Å². The van der Waals surface area contributed by atoms with Gasteiger partial charge in [0.05, 0.1) is 12.6 Å². The van der Waals surface area contributed by atoms with Gasteiger partial charge in [-0.05, 0) is 26.7 Å². The zero-order valence-corrected chi connectivity index (χ0v) is 8.71. The predicted octanol–water partition coefficient (Wildman–Crippen LogP) is 0.807. The second-order valence-corrected chi connectivity index (χ2v) is 4.43. The molecule has 4 nitrogen and oxygen atoms in total. The molecule has 0 bridgehead atoms. The van der Waals surface area contributed by atoms with Crippen molar-refractivity contribution in [3.05, 3.63) is 0 Å². The average molecular weight is 199 g/mol. The first-order valence-corrected chi connectivity index (χ1v) is 5.18. The van der Waals surface area contributed by atoms with E-state index in [0.29, 0.717) is 13.0 Å². The summed E-state index contributed by atoms with van der Waals surface area (Å²) in [6, 6.07) is 0.137. The molecule has 0 unspecified atom stereocenters. The third-order valence-electron chi connectivity index (χ3n) is 2.74. The van der Waals surface area contributed by atoms with Crippen molar-refractivity contribution >= 4 is 5.91 Å². The zero-order chi connectivity index (χ0) is 10.2. The minimum absolute atomic E-state index is 0.0225. The van der Waals surface area contributed by atoms with Gasteiger partial charge in [-0.3, -0.25) is 4.79 Å². The topological polar surface area (TPSA) is 47.6 Å². The van der Waals surface area contributed by atoms with Gasteiger partial charge in [-0.2, -0.15) is 0 Å². The highest BCUT2D eigenvalue weighted by atomic mass is 16.7. The van der Waals surface area contributed by atoms with Gasteiger partial charge in [0.1, 0.15) is 6.10 Å². The first-order valence-electron chi connectivity index (χ1n) is 5.18. The van der Waals surface area contributed by atoms with E-state index in [1.54, 1.807) is 0 Å². The number of nitrogens with one attached hydrogen (secondary N) is 1. The number of carbonyl (C=O) groups is 1. The van der Waals surface area contributed by atoms with Crippen molar-refractivity contribution in [3.63, 3.8) is 0 Å². The van der Waals surface area contributed by atoms with Crippen LogP contribution in [0.5, 0.6) is 0 Å². The maximum absolute atomic E-state index is 11.2. The summed E-state index contributed by atoms with van der Waals surface area (Å²) in [6.45, 7) is 4.38. The van der Waals surface area contributed by atoms with Crippen molar-refractivity contribution in [1.82, 2.24) is 5.32 Å². The average Bonchev–Trinajstić information content (AvgIpc) is 2.46. The summed E-state index contributed by atoms with van der Waals surface area (Å²) in [5.41, 5.74) is 0. The Kier molecular flexibility index (Phi) is 2.49. The Morgan fingerprint density at radius 1 is 1.50 bits per heavy atom. The van der Waals surface area contributed by atoms with E-state index in [2.05, 4.69) is 5.32 Å². The highest BCUT2D eigenvalue weighted by Gasteiger charge is 2.38.